The molecule has 158 valence electrons. The second kappa shape index (κ2) is 9.31. The van der Waals surface area contributed by atoms with Gasteiger partial charge in [0.25, 0.3) is 5.69 Å². The summed E-state index contributed by atoms with van der Waals surface area (Å²) < 4.78 is 5.42. The van der Waals surface area contributed by atoms with Crippen LogP contribution < -0.4 is 5.73 Å². The van der Waals surface area contributed by atoms with E-state index >= 15 is 0 Å². The molecule has 0 unspecified atom stereocenters. The lowest BCUT2D eigenvalue weighted by atomic mass is 10.2. The maximum atomic E-state index is 12.6. The molecule has 0 spiro atoms. The minimum absolute atomic E-state index is 0.00553. The Morgan fingerprint density at radius 2 is 1.86 bits per heavy atom. The SMILES string of the molecule is NC(=O)N1CCN(C[C@@H]2C[C@H](S)CN2C(=O)OCc2ccc([N+](=O)[O-])cc2)CC1. The molecule has 2 aliphatic rings. The molecule has 1 aromatic rings. The van der Waals surface area contributed by atoms with E-state index in [1.165, 1.54) is 12.1 Å². The molecule has 3 amide bonds. The van der Waals surface area contributed by atoms with Gasteiger partial charge in [0.2, 0.25) is 0 Å². The molecule has 2 aliphatic heterocycles. The number of ether oxygens (including phenoxy) is 1. The van der Waals surface area contributed by atoms with Crippen molar-refractivity contribution in [3.63, 3.8) is 0 Å². The van der Waals surface area contributed by atoms with Crippen LogP contribution in [-0.2, 0) is 11.3 Å². The second-order valence-electron chi connectivity index (χ2n) is 7.30. The van der Waals surface area contributed by atoms with Crippen molar-refractivity contribution in [1.82, 2.24) is 14.7 Å². The lowest BCUT2D eigenvalue weighted by Gasteiger charge is -2.36. The highest BCUT2D eigenvalue weighted by atomic mass is 32.1. The Hall–Kier alpha value is -2.53. The molecule has 2 saturated heterocycles. The molecule has 3 rings (SSSR count). The predicted molar refractivity (Wildman–Crippen MR) is 109 cm³/mol. The molecule has 2 heterocycles. The number of urea groups is 1. The molecule has 0 radical (unpaired) electrons. The van der Waals surface area contributed by atoms with Crippen LogP contribution in [0.5, 0.6) is 0 Å². The lowest BCUT2D eigenvalue weighted by molar-refractivity contribution is -0.384. The molecular weight excluding hydrogens is 398 g/mol. The first-order chi connectivity index (χ1) is 13.8. The number of carbonyl (C=O) groups excluding carboxylic acids is 2. The van der Waals surface area contributed by atoms with Gasteiger partial charge in [-0.3, -0.25) is 15.0 Å². The van der Waals surface area contributed by atoms with Gasteiger partial charge in [-0.1, -0.05) is 0 Å². The number of nitro benzene ring substituents is 1. The number of hydrogen-bond acceptors (Lipinski definition) is 7. The minimum atomic E-state index is -0.472. The number of carbonyl (C=O) groups is 2. The van der Waals surface area contributed by atoms with E-state index in [0.717, 1.165) is 6.42 Å². The van der Waals surface area contributed by atoms with Gasteiger partial charge in [-0.2, -0.15) is 12.6 Å². The zero-order valence-corrected chi connectivity index (χ0v) is 16.9. The van der Waals surface area contributed by atoms with Gasteiger partial charge < -0.3 is 20.3 Å². The first kappa shape index (κ1) is 21.2. The molecule has 0 saturated carbocycles. The summed E-state index contributed by atoms with van der Waals surface area (Å²) in [4.78, 5) is 39.6. The number of piperazine rings is 1. The first-order valence-corrected chi connectivity index (χ1v) is 9.96. The highest BCUT2D eigenvalue weighted by Gasteiger charge is 2.36. The number of primary amides is 1. The van der Waals surface area contributed by atoms with Crippen LogP contribution in [0.4, 0.5) is 15.3 Å². The molecule has 0 aromatic heterocycles. The van der Waals surface area contributed by atoms with E-state index in [-0.39, 0.29) is 23.6 Å². The lowest BCUT2D eigenvalue weighted by Crippen LogP contribution is -2.53. The third-order valence-corrected chi connectivity index (χ3v) is 5.66. The largest absolute Gasteiger partial charge is 0.445 e. The van der Waals surface area contributed by atoms with Crippen LogP contribution in [0.1, 0.15) is 12.0 Å². The standard InChI is InChI=1S/C18H25N5O5S/c19-17(24)21-7-5-20(6-8-21)10-15-9-16(29)11-22(15)18(25)28-12-13-1-3-14(4-2-13)23(26)27/h1-4,15-16,29H,5-12H2,(H2,19,24)/t15-,16-/m0/s1. The number of amides is 3. The number of benzene rings is 1. The Morgan fingerprint density at radius 1 is 1.21 bits per heavy atom. The van der Waals surface area contributed by atoms with Crippen LogP contribution in [0.3, 0.4) is 0 Å². The molecule has 2 fully saturated rings. The van der Waals surface area contributed by atoms with Gasteiger partial charge in [0.15, 0.2) is 0 Å². The zero-order valence-electron chi connectivity index (χ0n) is 16.0. The second-order valence-corrected chi connectivity index (χ2v) is 8.03. The molecule has 10 nitrogen and oxygen atoms in total. The van der Waals surface area contributed by atoms with Crippen LogP contribution in [0.25, 0.3) is 0 Å². The maximum absolute atomic E-state index is 12.6. The number of hydrogen-bond donors (Lipinski definition) is 2. The Balaban J connectivity index is 1.52. The predicted octanol–water partition coefficient (Wildman–Crippen LogP) is 1.30. The molecule has 29 heavy (non-hydrogen) atoms. The van der Waals surface area contributed by atoms with Crippen molar-refractivity contribution >= 4 is 30.4 Å². The summed E-state index contributed by atoms with van der Waals surface area (Å²) in [5.41, 5.74) is 6.00. The molecule has 2 N–H and O–H groups in total. The fourth-order valence-corrected chi connectivity index (χ4v) is 4.10. The van der Waals surface area contributed by atoms with E-state index in [0.29, 0.717) is 44.8 Å². The summed E-state index contributed by atoms with van der Waals surface area (Å²) in [6, 6.07) is 5.51. The summed E-state index contributed by atoms with van der Waals surface area (Å²) in [7, 11) is 0. The number of rotatable bonds is 5. The third kappa shape index (κ3) is 5.51. The summed E-state index contributed by atoms with van der Waals surface area (Å²) in [5, 5.41) is 10.8. The Morgan fingerprint density at radius 3 is 2.45 bits per heavy atom. The number of thiol groups is 1. The van der Waals surface area contributed by atoms with E-state index in [2.05, 4.69) is 17.5 Å². The van der Waals surface area contributed by atoms with E-state index in [1.54, 1.807) is 21.9 Å². The Labute approximate surface area is 174 Å². The number of nitro groups is 1. The van der Waals surface area contributed by atoms with Gasteiger partial charge in [-0.15, -0.1) is 0 Å². The molecule has 0 bridgehead atoms. The van der Waals surface area contributed by atoms with Crippen LogP contribution in [0, 0.1) is 10.1 Å². The minimum Gasteiger partial charge on any atom is -0.445 e. The summed E-state index contributed by atoms with van der Waals surface area (Å²) in [6.07, 6.45) is 0.354. The molecule has 1 aromatic carbocycles. The normalized spacial score (nSPS) is 22.5. The highest BCUT2D eigenvalue weighted by Crippen LogP contribution is 2.24. The van der Waals surface area contributed by atoms with E-state index in [9.17, 15) is 19.7 Å². The van der Waals surface area contributed by atoms with Crippen molar-refractivity contribution in [2.24, 2.45) is 5.73 Å². The smallest absolute Gasteiger partial charge is 0.410 e. The number of nitrogens with zero attached hydrogens (tertiary/aromatic N) is 4. The molecule has 0 aliphatic carbocycles. The molecule has 11 heteroatoms. The fourth-order valence-electron chi connectivity index (χ4n) is 3.68. The van der Waals surface area contributed by atoms with Gasteiger partial charge in [0.1, 0.15) is 6.61 Å². The van der Waals surface area contributed by atoms with Crippen molar-refractivity contribution in [1.29, 1.82) is 0 Å². The van der Waals surface area contributed by atoms with E-state index in [1.807, 2.05) is 0 Å². The van der Waals surface area contributed by atoms with Crippen LogP contribution >= 0.6 is 12.6 Å². The topological polar surface area (TPSA) is 122 Å². The highest BCUT2D eigenvalue weighted by molar-refractivity contribution is 7.81. The quantitative estimate of drug-likeness (QED) is 0.418. The number of nitrogens with two attached hydrogens (primary N) is 1. The third-order valence-electron chi connectivity index (χ3n) is 5.29. The average Bonchev–Trinajstić information content (AvgIpc) is 3.07. The van der Waals surface area contributed by atoms with Crippen LogP contribution in [0.2, 0.25) is 0 Å². The van der Waals surface area contributed by atoms with Crippen molar-refractivity contribution in [2.75, 3.05) is 39.3 Å². The van der Waals surface area contributed by atoms with Gasteiger partial charge in [-0.25, -0.2) is 9.59 Å². The summed E-state index contributed by atoms with van der Waals surface area (Å²) in [6.45, 7) is 3.83. The van der Waals surface area contributed by atoms with Crippen molar-refractivity contribution in [2.45, 2.75) is 24.3 Å². The van der Waals surface area contributed by atoms with Crippen molar-refractivity contribution < 1.29 is 19.2 Å². The van der Waals surface area contributed by atoms with Gasteiger partial charge >= 0.3 is 12.1 Å². The molecular formula is C18H25N5O5S. The first-order valence-electron chi connectivity index (χ1n) is 9.45. The van der Waals surface area contributed by atoms with Crippen molar-refractivity contribution in [3.8, 4) is 0 Å². The molecule has 2 atom stereocenters. The monoisotopic (exact) mass is 423 g/mol. The number of non-ortho nitro benzene ring substituents is 1. The van der Waals surface area contributed by atoms with Gasteiger partial charge in [0, 0.05) is 62.7 Å². The zero-order chi connectivity index (χ0) is 21.0. The van der Waals surface area contributed by atoms with Gasteiger partial charge in [-0.05, 0) is 24.1 Å². The average molecular weight is 423 g/mol. The van der Waals surface area contributed by atoms with E-state index < -0.39 is 17.0 Å². The summed E-state index contributed by atoms with van der Waals surface area (Å²) >= 11 is 4.53. The van der Waals surface area contributed by atoms with Crippen LogP contribution in [-0.4, -0.2) is 82.3 Å². The number of likely N-dealkylation sites (tertiary alicyclic amines) is 1. The maximum Gasteiger partial charge on any atom is 0.410 e. The fraction of sp³-hybridized carbons (Fsp3) is 0.556. The van der Waals surface area contributed by atoms with Crippen molar-refractivity contribution in [3.05, 3.63) is 39.9 Å². The van der Waals surface area contributed by atoms with Crippen LogP contribution in [0.15, 0.2) is 24.3 Å². The van der Waals surface area contributed by atoms with Gasteiger partial charge in [0.05, 0.1) is 4.92 Å². The Kier molecular flexibility index (Phi) is 6.80. The Bertz CT molecular complexity index is 754. The van der Waals surface area contributed by atoms with E-state index in [4.69, 9.17) is 10.5 Å². The summed E-state index contributed by atoms with van der Waals surface area (Å²) in [5.74, 6) is 0.